The molecule has 0 bridgehead atoms. The van der Waals surface area contributed by atoms with Crippen LogP contribution in [0.1, 0.15) is 12.8 Å². The molecule has 1 aliphatic heterocycles. The molecule has 1 aromatic carbocycles. The van der Waals surface area contributed by atoms with Crippen molar-refractivity contribution >= 4 is 21.1 Å². The van der Waals surface area contributed by atoms with Crippen molar-refractivity contribution in [3.8, 4) is 0 Å². The van der Waals surface area contributed by atoms with E-state index in [1.54, 1.807) is 13.1 Å². The number of hydrogen-bond acceptors (Lipinski definition) is 5. The third-order valence-electron chi connectivity index (χ3n) is 3.90. The molecule has 3 rings (SSSR count). The van der Waals surface area contributed by atoms with Crippen molar-refractivity contribution in [3.63, 3.8) is 0 Å². The standard InChI is InChI=1S/C13H16N2O5S/c1-14-11-5-4-10(7-12(11)20-13(14)17)21(18,19)15-6-2-3-9(15)8-16/h4-5,7,9,16H,2-3,6,8H2,1H3/t9-/m1/s1. The van der Waals surface area contributed by atoms with Gasteiger partial charge in [0, 0.05) is 25.7 Å². The van der Waals surface area contributed by atoms with Gasteiger partial charge in [0.2, 0.25) is 10.0 Å². The van der Waals surface area contributed by atoms with Crippen molar-refractivity contribution in [1.82, 2.24) is 8.87 Å². The molecule has 1 N–H and O–H groups in total. The first kappa shape index (κ1) is 14.3. The number of rotatable bonds is 3. The number of hydrogen-bond donors (Lipinski definition) is 1. The summed E-state index contributed by atoms with van der Waals surface area (Å²) in [6.07, 6.45) is 1.38. The SMILES string of the molecule is Cn1c(=O)oc2cc(S(=O)(=O)N3CCC[C@@H]3CO)ccc21. The van der Waals surface area contributed by atoms with E-state index in [0.717, 1.165) is 6.42 Å². The van der Waals surface area contributed by atoms with Crippen LogP contribution >= 0.6 is 0 Å². The summed E-state index contributed by atoms with van der Waals surface area (Å²) in [7, 11) is -2.13. The van der Waals surface area contributed by atoms with Gasteiger partial charge < -0.3 is 9.52 Å². The van der Waals surface area contributed by atoms with Crippen LogP contribution in [-0.2, 0) is 17.1 Å². The zero-order chi connectivity index (χ0) is 15.2. The Morgan fingerprint density at radius 2 is 2.19 bits per heavy atom. The normalized spacial score (nSPS) is 20.4. The molecule has 0 unspecified atom stereocenters. The lowest BCUT2D eigenvalue weighted by molar-refractivity contribution is 0.213. The molecule has 0 aliphatic carbocycles. The molecule has 114 valence electrons. The highest BCUT2D eigenvalue weighted by atomic mass is 32.2. The fourth-order valence-corrected chi connectivity index (χ4v) is 4.42. The topological polar surface area (TPSA) is 92.8 Å². The number of oxazole rings is 1. The number of aliphatic hydroxyl groups is 1. The van der Waals surface area contributed by atoms with Crippen LogP contribution in [0.4, 0.5) is 0 Å². The van der Waals surface area contributed by atoms with Crippen LogP contribution in [0.3, 0.4) is 0 Å². The third kappa shape index (κ3) is 2.19. The number of aryl methyl sites for hydroxylation is 1. The highest BCUT2D eigenvalue weighted by molar-refractivity contribution is 7.89. The van der Waals surface area contributed by atoms with Crippen LogP contribution in [0.2, 0.25) is 0 Å². The molecule has 1 atom stereocenters. The van der Waals surface area contributed by atoms with Gasteiger partial charge in [-0.15, -0.1) is 0 Å². The molecular formula is C13H16N2O5S. The highest BCUT2D eigenvalue weighted by Crippen LogP contribution is 2.27. The number of nitrogens with zero attached hydrogens (tertiary/aromatic N) is 2. The minimum atomic E-state index is -3.69. The van der Waals surface area contributed by atoms with Gasteiger partial charge in [-0.25, -0.2) is 13.2 Å². The summed E-state index contributed by atoms with van der Waals surface area (Å²) >= 11 is 0. The van der Waals surface area contributed by atoms with E-state index < -0.39 is 15.8 Å². The quantitative estimate of drug-likeness (QED) is 0.878. The number of fused-ring (bicyclic) bond motifs is 1. The van der Waals surface area contributed by atoms with E-state index in [0.29, 0.717) is 18.5 Å². The summed E-state index contributed by atoms with van der Waals surface area (Å²) in [6.45, 7) is 0.201. The lowest BCUT2D eigenvalue weighted by atomic mass is 10.2. The maximum Gasteiger partial charge on any atom is 0.419 e. The van der Waals surface area contributed by atoms with Crippen molar-refractivity contribution < 1.29 is 17.9 Å². The first-order valence-electron chi connectivity index (χ1n) is 6.67. The molecule has 21 heavy (non-hydrogen) atoms. The number of sulfonamides is 1. The minimum Gasteiger partial charge on any atom is -0.408 e. The predicted molar refractivity (Wildman–Crippen MR) is 75.5 cm³/mol. The Morgan fingerprint density at radius 3 is 2.90 bits per heavy atom. The molecule has 0 amide bonds. The fraction of sp³-hybridized carbons (Fsp3) is 0.462. The van der Waals surface area contributed by atoms with Crippen molar-refractivity contribution in [2.24, 2.45) is 7.05 Å². The molecule has 8 heteroatoms. The summed E-state index contributed by atoms with van der Waals surface area (Å²) in [5, 5.41) is 9.29. The second-order valence-electron chi connectivity index (χ2n) is 5.15. The van der Waals surface area contributed by atoms with Gasteiger partial charge in [0.15, 0.2) is 5.58 Å². The van der Waals surface area contributed by atoms with Gasteiger partial charge in [0.1, 0.15) is 0 Å². The van der Waals surface area contributed by atoms with Crippen LogP contribution in [-0.4, -0.2) is 41.6 Å². The summed E-state index contributed by atoms with van der Waals surface area (Å²) in [5.74, 6) is -0.533. The average molecular weight is 312 g/mol. The van der Waals surface area contributed by atoms with Gasteiger partial charge in [-0.3, -0.25) is 4.57 Å². The van der Waals surface area contributed by atoms with E-state index in [4.69, 9.17) is 4.42 Å². The third-order valence-corrected chi connectivity index (χ3v) is 5.85. The number of aliphatic hydroxyl groups excluding tert-OH is 1. The Morgan fingerprint density at radius 1 is 1.43 bits per heavy atom. The Kier molecular flexibility index (Phi) is 3.39. The highest BCUT2D eigenvalue weighted by Gasteiger charge is 2.35. The second kappa shape index (κ2) is 4.97. The molecule has 1 aromatic heterocycles. The lowest BCUT2D eigenvalue weighted by Crippen LogP contribution is -2.37. The number of aromatic nitrogens is 1. The Bertz CT molecular complexity index is 836. The lowest BCUT2D eigenvalue weighted by Gasteiger charge is -2.22. The van der Waals surface area contributed by atoms with Crippen LogP contribution in [0.5, 0.6) is 0 Å². The maximum absolute atomic E-state index is 12.6. The predicted octanol–water partition coefficient (Wildman–Crippen LogP) is 0.277. The summed E-state index contributed by atoms with van der Waals surface area (Å²) < 4.78 is 32.9. The van der Waals surface area contributed by atoms with Crippen molar-refractivity contribution in [1.29, 1.82) is 0 Å². The van der Waals surface area contributed by atoms with Crippen LogP contribution < -0.4 is 5.76 Å². The summed E-state index contributed by atoms with van der Waals surface area (Å²) in [6, 6.07) is 3.99. The zero-order valence-electron chi connectivity index (χ0n) is 11.5. The van der Waals surface area contributed by atoms with Gasteiger partial charge in [-0.05, 0) is 25.0 Å². The Balaban J connectivity index is 2.09. The van der Waals surface area contributed by atoms with Gasteiger partial charge in [-0.1, -0.05) is 0 Å². The second-order valence-corrected chi connectivity index (χ2v) is 7.04. The molecular weight excluding hydrogens is 296 g/mol. The van der Waals surface area contributed by atoms with Crippen molar-refractivity contribution in [2.75, 3.05) is 13.2 Å². The maximum atomic E-state index is 12.6. The van der Waals surface area contributed by atoms with E-state index in [9.17, 15) is 18.3 Å². The molecule has 2 aromatic rings. The fourth-order valence-electron chi connectivity index (χ4n) is 2.72. The van der Waals surface area contributed by atoms with Crippen molar-refractivity contribution in [3.05, 3.63) is 28.7 Å². The molecule has 0 saturated carbocycles. The average Bonchev–Trinajstić information content (AvgIpc) is 3.04. The first-order valence-corrected chi connectivity index (χ1v) is 8.11. The van der Waals surface area contributed by atoms with Crippen molar-refractivity contribution in [2.45, 2.75) is 23.8 Å². The van der Waals surface area contributed by atoms with Gasteiger partial charge >= 0.3 is 5.76 Å². The first-order chi connectivity index (χ1) is 9.95. The smallest absolute Gasteiger partial charge is 0.408 e. The molecule has 0 radical (unpaired) electrons. The molecule has 1 aliphatic rings. The molecule has 2 heterocycles. The minimum absolute atomic E-state index is 0.0738. The van der Waals surface area contributed by atoms with Crippen LogP contribution in [0.25, 0.3) is 11.1 Å². The van der Waals surface area contributed by atoms with E-state index in [1.807, 2.05) is 0 Å². The monoisotopic (exact) mass is 312 g/mol. The summed E-state index contributed by atoms with van der Waals surface area (Å²) in [5.41, 5.74) is 0.780. The van der Waals surface area contributed by atoms with E-state index >= 15 is 0 Å². The molecule has 1 fully saturated rings. The largest absolute Gasteiger partial charge is 0.419 e. The van der Waals surface area contributed by atoms with E-state index in [-0.39, 0.29) is 23.1 Å². The van der Waals surface area contributed by atoms with E-state index in [1.165, 1.54) is 21.0 Å². The Hall–Kier alpha value is -1.64. The zero-order valence-corrected chi connectivity index (χ0v) is 12.3. The molecule has 7 nitrogen and oxygen atoms in total. The summed E-state index contributed by atoms with van der Waals surface area (Å²) in [4.78, 5) is 11.5. The van der Waals surface area contributed by atoms with Gasteiger partial charge in [0.05, 0.1) is 17.0 Å². The van der Waals surface area contributed by atoms with Gasteiger partial charge in [-0.2, -0.15) is 4.31 Å². The van der Waals surface area contributed by atoms with Crippen LogP contribution in [0.15, 0.2) is 32.3 Å². The van der Waals surface area contributed by atoms with Gasteiger partial charge in [0.25, 0.3) is 0 Å². The van der Waals surface area contributed by atoms with Crippen LogP contribution in [0, 0.1) is 0 Å². The molecule has 0 spiro atoms. The van der Waals surface area contributed by atoms with E-state index in [2.05, 4.69) is 0 Å². The molecule has 1 saturated heterocycles. The number of benzene rings is 1. The Labute approximate surface area is 121 Å².